The number of aromatic nitrogens is 1. The zero-order valence-corrected chi connectivity index (χ0v) is 24.4. The van der Waals surface area contributed by atoms with Crippen LogP contribution in [0, 0.1) is 19.8 Å². The normalized spacial score (nSPS) is 17.7. The number of benzene rings is 2. The minimum Gasteiger partial charge on any atom is -0.490 e. The first-order chi connectivity index (χ1) is 19.7. The maximum absolute atomic E-state index is 13.9. The second-order valence-electron chi connectivity index (χ2n) is 11.0. The average molecular weight is 578 g/mol. The third kappa shape index (κ3) is 5.31. The number of nitrogens with zero attached hydrogens (tertiary/aromatic N) is 2. The van der Waals surface area contributed by atoms with Gasteiger partial charge in [0.1, 0.15) is 17.0 Å². The minimum absolute atomic E-state index is 0.133. The second-order valence-corrected chi connectivity index (χ2v) is 12.7. The number of aryl methyl sites for hydroxylation is 2. The van der Waals surface area contributed by atoms with Gasteiger partial charge in [0.2, 0.25) is 0 Å². The van der Waals surface area contributed by atoms with E-state index in [1.807, 2.05) is 57.2 Å². The molecule has 2 aromatic carbocycles. The van der Waals surface area contributed by atoms with Crippen LogP contribution in [-0.2, 0) is 14.9 Å². The molecular formula is C31H35N3O6S. The number of pyridine rings is 1. The molecule has 0 unspecified atom stereocenters. The van der Waals surface area contributed by atoms with E-state index in [1.165, 1.54) is 4.31 Å². The lowest BCUT2D eigenvalue weighted by Crippen LogP contribution is -2.42. The number of rotatable bonds is 7. The number of carbonyl (C=O) groups is 1. The van der Waals surface area contributed by atoms with Crippen molar-refractivity contribution in [3.63, 3.8) is 0 Å². The molecule has 1 amide bonds. The van der Waals surface area contributed by atoms with E-state index >= 15 is 0 Å². The lowest BCUT2D eigenvalue weighted by atomic mass is 9.94. The van der Waals surface area contributed by atoms with Crippen LogP contribution in [0.3, 0.4) is 0 Å². The summed E-state index contributed by atoms with van der Waals surface area (Å²) in [5.41, 5.74) is 3.62. The standard InChI is InChI=1S/C31H35N3O6S/c1-19-10-11-27(39-21(3)22-12-16-38-17-13-22)28-24(31(35)33-41(36,37)34-14-6-7-15-34)18-25(32-29(19)28)30-20(2)23-8-4-5-9-26(23)40-30/h4-5,8-11,18,21-22H,6-7,12-17H2,1-3H3,(H,33,35)/t21-/m1/s1. The minimum atomic E-state index is -4.01. The number of hydrogen-bond donors (Lipinski definition) is 1. The Morgan fingerprint density at radius 2 is 1.83 bits per heavy atom. The van der Waals surface area contributed by atoms with E-state index in [4.69, 9.17) is 18.9 Å². The maximum Gasteiger partial charge on any atom is 0.304 e. The summed E-state index contributed by atoms with van der Waals surface area (Å²) >= 11 is 0. The van der Waals surface area contributed by atoms with Crippen LogP contribution in [0.5, 0.6) is 5.75 Å². The zero-order valence-electron chi connectivity index (χ0n) is 23.6. The highest BCUT2D eigenvalue weighted by atomic mass is 32.2. The Hall–Kier alpha value is -3.47. The summed E-state index contributed by atoms with van der Waals surface area (Å²) in [6.45, 7) is 8.05. The van der Waals surface area contributed by atoms with Crippen molar-refractivity contribution in [3.8, 4) is 17.2 Å². The van der Waals surface area contributed by atoms with E-state index in [1.54, 1.807) is 6.07 Å². The molecule has 216 valence electrons. The summed E-state index contributed by atoms with van der Waals surface area (Å²) in [6.07, 6.45) is 3.18. The number of carbonyl (C=O) groups excluding carboxylic acids is 1. The fourth-order valence-corrected chi connectivity index (χ4v) is 7.11. The molecule has 2 saturated heterocycles. The van der Waals surface area contributed by atoms with E-state index in [0.717, 1.165) is 42.2 Å². The molecule has 0 aliphatic carbocycles. The van der Waals surface area contributed by atoms with Gasteiger partial charge in [0.05, 0.1) is 22.6 Å². The van der Waals surface area contributed by atoms with Crippen LogP contribution >= 0.6 is 0 Å². The first-order valence-corrected chi connectivity index (χ1v) is 15.7. The Morgan fingerprint density at radius 3 is 2.56 bits per heavy atom. The van der Waals surface area contributed by atoms with Gasteiger partial charge >= 0.3 is 10.2 Å². The SMILES string of the molecule is Cc1c(-c2cc(C(=O)NS(=O)(=O)N3CCCC3)c3c(O[C@H](C)C4CCOCC4)ccc(C)c3n2)oc2ccccc12. The van der Waals surface area contributed by atoms with Crippen LogP contribution in [0.4, 0.5) is 0 Å². The van der Waals surface area contributed by atoms with Crippen LogP contribution < -0.4 is 9.46 Å². The zero-order chi connectivity index (χ0) is 28.7. The maximum atomic E-state index is 13.9. The van der Waals surface area contributed by atoms with Gasteiger partial charge < -0.3 is 13.9 Å². The first-order valence-electron chi connectivity index (χ1n) is 14.2. The van der Waals surface area contributed by atoms with Gasteiger partial charge in [-0.15, -0.1) is 0 Å². The molecule has 41 heavy (non-hydrogen) atoms. The quantitative estimate of drug-likeness (QED) is 0.308. The molecule has 1 N–H and O–H groups in total. The monoisotopic (exact) mass is 577 g/mol. The summed E-state index contributed by atoms with van der Waals surface area (Å²) in [5.74, 6) is 0.603. The number of amides is 1. The summed E-state index contributed by atoms with van der Waals surface area (Å²) < 4.78 is 48.1. The highest BCUT2D eigenvalue weighted by molar-refractivity contribution is 7.87. The van der Waals surface area contributed by atoms with Gasteiger partial charge in [-0.05, 0) is 76.1 Å². The van der Waals surface area contributed by atoms with Crippen molar-refractivity contribution in [2.75, 3.05) is 26.3 Å². The largest absolute Gasteiger partial charge is 0.490 e. The molecular weight excluding hydrogens is 542 g/mol. The van der Waals surface area contributed by atoms with Crippen molar-refractivity contribution in [2.24, 2.45) is 5.92 Å². The third-order valence-corrected chi connectivity index (χ3v) is 9.80. The van der Waals surface area contributed by atoms with E-state index < -0.39 is 16.1 Å². The van der Waals surface area contributed by atoms with Crippen LogP contribution in [0.2, 0.25) is 0 Å². The van der Waals surface area contributed by atoms with Gasteiger partial charge in [-0.1, -0.05) is 24.3 Å². The fraction of sp³-hybridized carbons (Fsp3) is 0.419. The molecule has 0 radical (unpaired) electrons. The molecule has 10 heteroatoms. The molecule has 9 nitrogen and oxygen atoms in total. The summed E-state index contributed by atoms with van der Waals surface area (Å²) in [7, 11) is -4.01. The molecule has 4 heterocycles. The molecule has 2 aliphatic rings. The van der Waals surface area contributed by atoms with Crippen LogP contribution in [0.1, 0.15) is 54.1 Å². The lowest BCUT2D eigenvalue weighted by Gasteiger charge is -2.29. The number of furan rings is 1. The highest BCUT2D eigenvalue weighted by Crippen LogP contribution is 2.38. The molecule has 6 rings (SSSR count). The van der Waals surface area contributed by atoms with Crippen molar-refractivity contribution in [3.05, 3.63) is 59.2 Å². The van der Waals surface area contributed by atoms with Crippen LogP contribution in [0.15, 0.2) is 46.9 Å². The van der Waals surface area contributed by atoms with Gasteiger partial charge in [0.15, 0.2) is 5.76 Å². The lowest BCUT2D eigenvalue weighted by molar-refractivity contribution is 0.0243. The summed E-state index contributed by atoms with van der Waals surface area (Å²) in [6, 6.07) is 13.1. The average Bonchev–Trinajstić information content (AvgIpc) is 3.64. The molecule has 2 aliphatic heterocycles. The molecule has 0 saturated carbocycles. The third-order valence-electron chi connectivity index (χ3n) is 8.31. The Morgan fingerprint density at radius 1 is 1.10 bits per heavy atom. The van der Waals surface area contributed by atoms with Crippen LogP contribution in [-0.4, -0.2) is 56.0 Å². The molecule has 1 atom stereocenters. The number of ether oxygens (including phenoxy) is 2. The second kappa shape index (κ2) is 11.1. The predicted octanol–water partition coefficient (Wildman–Crippen LogP) is 5.53. The van der Waals surface area contributed by atoms with E-state index in [9.17, 15) is 13.2 Å². The van der Waals surface area contributed by atoms with Gasteiger partial charge in [0.25, 0.3) is 5.91 Å². The van der Waals surface area contributed by atoms with Crippen molar-refractivity contribution >= 4 is 38.0 Å². The Balaban J connectivity index is 1.50. The first kappa shape index (κ1) is 27.7. The van der Waals surface area contributed by atoms with Crippen molar-refractivity contribution in [1.82, 2.24) is 14.0 Å². The van der Waals surface area contributed by atoms with E-state index in [-0.39, 0.29) is 11.7 Å². The van der Waals surface area contributed by atoms with Gasteiger partial charge in [-0.25, -0.2) is 9.71 Å². The Bertz CT molecular complexity index is 1720. The number of nitrogens with one attached hydrogen (secondary N) is 1. The summed E-state index contributed by atoms with van der Waals surface area (Å²) in [4.78, 5) is 18.8. The van der Waals surface area contributed by atoms with Crippen LogP contribution in [0.25, 0.3) is 33.3 Å². The molecule has 4 aromatic rings. The van der Waals surface area contributed by atoms with Crippen molar-refractivity contribution in [1.29, 1.82) is 0 Å². The molecule has 0 spiro atoms. The molecule has 2 aromatic heterocycles. The topological polar surface area (TPSA) is 111 Å². The smallest absolute Gasteiger partial charge is 0.304 e. The number of para-hydroxylation sites is 1. The van der Waals surface area contributed by atoms with Gasteiger partial charge in [-0.3, -0.25) is 4.79 Å². The number of hydrogen-bond acceptors (Lipinski definition) is 7. The fourth-order valence-electron chi connectivity index (χ4n) is 5.90. The molecule has 2 fully saturated rings. The van der Waals surface area contributed by atoms with Crippen molar-refractivity contribution in [2.45, 2.75) is 52.6 Å². The van der Waals surface area contributed by atoms with E-state index in [2.05, 4.69) is 4.72 Å². The van der Waals surface area contributed by atoms with E-state index in [0.29, 0.717) is 65.9 Å². The summed E-state index contributed by atoms with van der Waals surface area (Å²) in [5, 5.41) is 1.43. The highest BCUT2D eigenvalue weighted by Gasteiger charge is 2.30. The number of fused-ring (bicyclic) bond motifs is 2. The molecule has 0 bridgehead atoms. The Labute approximate surface area is 240 Å². The van der Waals surface area contributed by atoms with Gasteiger partial charge in [0, 0.05) is 37.3 Å². The Kier molecular flexibility index (Phi) is 7.48. The predicted molar refractivity (Wildman–Crippen MR) is 157 cm³/mol. The van der Waals surface area contributed by atoms with Gasteiger partial charge in [-0.2, -0.15) is 12.7 Å². The van der Waals surface area contributed by atoms with Crippen molar-refractivity contribution < 1.29 is 27.1 Å².